The molecule has 3 N–H and O–H groups in total. The second kappa shape index (κ2) is 5.66. The van der Waals surface area contributed by atoms with E-state index in [1.165, 1.54) is 0 Å². The zero-order chi connectivity index (χ0) is 14.9. The molecule has 0 aliphatic carbocycles. The van der Waals surface area contributed by atoms with Crippen molar-refractivity contribution in [3.05, 3.63) is 28.9 Å². The number of fused-ring (bicyclic) bond motifs is 1. The third-order valence-corrected chi connectivity index (χ3v) is 3.52. The fourth-order valence-corrected chi connectivity index (χ4v) is 2.37. The molecule has 6 heteroatoms. The van der Waals surface area contributed by atoms with Crippen molar-refractivity contribution >= 4 is 44.1 Å². The van der Waals surface area contributed by atoms with E-state index in [1.54, 1.807) is 25.2 Å². The lowest BCUT2D eigenvalue weighted by atomic mass is 10.1. The molecule has 1 heterocycles. The van der Waals surface area contributed by atoms with E-state index in [9.17, 15) is 4.79 Å². The lowest BCUT2D eigenvalue weighted by Crippen LogP contribution is -2.36. The summed E-state index contributed by atoms with van der Waals surface area (Å²) in [6.07, 6.45) is 1.60. The fourth-order valence-electron chi connectivity index (χ4n) is 2.01. The van der Waals surface area contributed by atoms with Gasteiger partial charge in [-0.1, -0.05) is 15.9 Å². The lowest BCUT2D eigenvalue weighted by Gasteiger charge is -2.21. The summed E-state index contributed by atoms with van der Waals surface area (Å²) in [7, 11) is 3.45. The van der Waals surface area contributed by atoms with Crippen LogP contribution in [0.15, 0.2) is 28.9 Å². The summed E-state index contributed by atoms with van der Waals surface area (Å²) < 4.78 is 0.937. The van der Waals surface area contributed by atoms with Crippen LogP contribution < -0.4 is 11.1 Å². The summed E-state index contributed by atoms with van der Waals surface area (Å²) in [4.78, 5) is 17.8. The maximum Gasteiger partial charge on any atom is 0.244 e. The summed E-state index contributed by atoms with van der Waals surface area (Å²) in [5.74, 6) is -0.00985. The number of anilines is 2. The van der Waals surface area contributed by atoms with Crippen LogP contribution >= 0.6 is 15.9 Å². The molecule has 20 heavy (non-hydrogen) atoms. The van der Waals surface area contributed by atoms with E-state index in [2.05, 4.69) is 26.2 Å². The number of nitrogens with two attached hydrogens (primary N) is 1. The standard InChI is InChI=1S/C14H17BrN4O/c1-8(14(20)19(2)3)18-13-10-6-9(15)4-5-12(10)17-7-11(13)16/h4-8H,16H2,1-3H3,(H,17,18). The Labute approximate surface area is 126 Å². The normalized spacial score (nSPS) is 12.2. The Morgan fingerprint density at radius 1 is 1.45 bits per heavy atom. The molecule has 0 saturated carbocycles. The molecule has 0 radical (unpaired) electrons. The molecule has 106 valence electrons. The van der Waals surface area contributed by atoms with Crippen LogP contribution in [-0.2, 0) is 4.79 Å². The number of benzene rings is 1. The molecule has 1 unspecified atom stereocenters. The van der Waals surface area contributed by atoms with Gasteiger partial charge in [0.05, 0.1) is 23.1 Å². The van der Waals surface area contributed by atoms with Crippen LogP contribution in [0.3, 0.4) is 0 Å². The van der Waals surface area contributed by atoms with Crippen molar-refractivity contribution < 1.29 is 4.79 Å². The van der Waals surface area contributed by atoms with Gasteiger partial charge in [-0.25, -0.2) is 0 Å². The average Bonchev–Trinajstić information content (AvgIpc) is 2.41. The van der Waals surface area contributed by atoms with Crippen LogP contribution in [0.25, 0.3) is 10.9 Å². The van der Waals surface area contributed by atoms with Crippen LogP contribution in [-0.4, -0.2) is 35.9 Å². The largest absolute Gasteiger partial charge is 0.396 e. The van der Waals surface area contributed by atoms with E-state index in [4.69, 9.17) is 5.73 Å². The number of likely N-dealkylation sites (N-methyl/N-ethyl adjacent to an activating group) is 1. The molecule has 1 amide bonds. The summed E-state index contributed by atoms with van der Waals surface area (Å²) in [6, 6.07) is 5.40. The number of nitrogen functional groups attached to an aromatic ring is 1. The number of nitrogens with zero attached hydrogens (tertiary/aromatic N) is 2. The quantitative estimate of drug-likeness (QED) is 0.903. The van der Waals surface area contributed by atoms with Crippen molar-refractivity contribution in [2.75, 3.05) is 25.1 Å². The predicted octanol–water partition coefficient (Wildman–Crippen LogP) is 2.47. The molecule has 0 fully saturated rings. The maximum absolute atomic E-state index is 12.0. The Morgan fingerprint density at radius 2 is 2.15 bits per heavy atom. The second-order valence-corrected chi connectivity index (χ2v) is 5.76. The maximum atomic E-state index is 12.0. The minimum Gasteiger partial charge on any atom is -0.396 e. The highest BCUT2D eigenvalue weighted by molar-refractivity contribution is 9.10. The first-order valence-corrected chi connectivity index (χ1v) is 7.01. The van der Waals surface area contributed by atoms with Crippen LogP contribution in [0.4, 0.5) is 11.4 Å². The van der Waals surface area contributed by atoms with Gasteiger partial charge < -0.3 is 16.0 Å². The smallest absolute Gasteiger partial charge is 0.244 e. The Morgan fingerprint density at radius 3 is 2.80 bits per heavy atom. The monoisotopic (exact) mass is 336 g/mol. The summed E-state index contributed by atoms with van der Waals surface area (Å²) in [6.45, 7) is 1.81. The van der Waals surface area contributed by atoms with Gasteiger partial charge in [-0.05, 0) is 25.1 Å². The summed E-state index contributed by atoms with van der Waals surface area (Å²) in [5.41, 5.74) is 8.08. The third kappa shape index (κ3) is 2.85. The van der Waals surface area contributed by atoms with Gasteiger partial charge in [-0.2, -0.15) is 0 Å². The fraction of sp³-hybridized carbons (Fsp3) is 0.286. The minimum absolute atomic E-state index is 0.00985. The van der Waals surface area contributed by atoms with Crippen molar-refractivity contribution in [1.82, 2.24) is 9.88 Å². The number of hydrogen-bond acceptors (Lipinski definition) is 4. The highest BCUT2D eigenvalue weighted by atomic mass is 79.9. The zero-order valence-electron chi connectivity index (χ0n) is 11.6. The summed E-state index contributed by atoms with van der Waals surface area (Å²) in [5, 5.41) is 4.07. The first-order chi connectivity index (χ1) is 9.40. The molecule has 0 aliphatic rings. The second-order valence-electron chi connectivity index (χ2n) is 4.85. The topological polar surface area (TPSA) is 71.2 Å². The molecule has 1 aromatic heterocycles. The number of carbonyl (C=O) groups excluding carboxylic acids is 1. The predicted molar refractivity (Wildman–Crippen MR) is 85.6 cm³/mol. The van der Waals surface area contributed by atoms with Crippen LogP contribution in [0, 0.1) is 0 Å². The van der Waals surface area contributed by atoms with E-state index in [-0.39, 0.29) is 11.9 Å². The first kappa shape index (κ1) is 14.6. The number of carbonyl (C=O) groups is 1. The number of pyridine rings is 1. The SMILES string of the molecule is CC(Nc1c(N)cnc2ccc(Br)cc12)C(=O)N(C)C. The molecule has 1 atom stereocenters. The average molecular weight is 337 g/mol. The van der Waals surface area contributed by atoms with Crippen LogP contribution in [0.5, 0.6) is 0 Å². The first-order valence-electron chi connectivity index (χ1n) is 6.21. The molecule has 0 spiro atoms. The molecular weight excluding hydrogens is 320 g/mol. The Hall–Kier alpha value is -1.82. The number of nitrogens with one attached hydrogen (secondary N) is 1. The highest BCUT2D eigenvalue weighted by Crippen LogP contribution is 2.30. The highest BCUT2D eigenvalue weighted by Gasteiger charge is 2.17. The molecular formula is C14H17BrN4O. The molecule has 0 aliphatic heterocycles. The van der Waals surface area contributed by atoms with Gasteiger partial charge in [0.15, 0.2) is 0 Å². The van der Waals surface area contributed by atoms with Gasteiger partial charge in [0.1, 0.15) is 6.04 Å². The molecule has 5 nitrogen and oxygen atoms in total. The van der Waals surface area contributed by atoms with Gasteiger partial charge in [0.25, 0.3) is 0 Å². The van der Waals surface area contributed by atoms with Gasteiger partial charge in [-0.3, -0.25) is 9.78 Å². The number of rotatable bonds is 3. The molecule has 0 saturated heterocycles. The van der Waals surface area contributed by atoms with E-state index in [0.29, 0.717) is 5.69 Å². The molecule has 2 rings (SSSR count). The Bertz CT molecular complexity index is 652. The molecule has 2 aromatic rings. The number of halogens is 1. The van der Waals surface area contributed by atoms with Gasteiger partial charge >= 0.3 is 0 Å². The Kier molecular flexibility index (Phi) is 4.13. The van der Waals surface area contributed by atoms with Gasteiger partial charge in [0.2, 0.25) is 5.91 Å². The van der Waals surface area contributed by atoms with Crippen LogP contribution in [0.1, 0.15) is 6.92 Å². The van der Waals surface area contributed by atoms with Crippen molar-refractivity contribution in [2.45, 2.75) is 13.0 Å². The number of hydrogen-bond donors (Lipinski definition) is 2. The van der Waals surface area contributed by atoms with E-state index in [0.717, 1.165) is 21.1 Å². The zero-order valence-corrected chi connectivity index (χ0v) is 13.2. The van der Waals surface area contributed by atoms with E-state index >= 15 is 0 Å². The third-order valence-electron chi connectivity index (χ3n) is 3.03. The van der Waals surface area contributed by atoms with Gasteiger partial charge in [-0.15, -0.1) is 0 Å². The van der Waals surface area contributed by atoms with Crippen molar-refractivity contribution in [3.8, 4) is 0 Å². The number of aromatic nitrogens is 1. The van der Waals surface area contributed by atoms with Crippen molar-refractivity contribution in [1.29, 1.82) is 0 Å². The van der Waals surface area contributed by atoms with Crippen molar-refractivity contribution in [2.24, 2.45) is 0 Å². The Balaban J connectivity index is 2.45. The van der Waals surface area contributed by atoms with E-state index < -0.39 is 0 Å². The van der Waals surface area contributed by atoms with Crippen LogP contribution in [0.2, 0.25) is 0 Å². The van der Waals surface area contributed by atoms with E-state index in [1.807, 2.05) is 25.1 Å². The van der Waals surface area contributed by atoms with Crippen molar-refractivity contribution in [3.63, 3.8) is 0 Å². The number of amides is 1. The molecule has 1 aromatic carbocycles. The minimum atomic E-state index is -0.364. The summed E-state index contributed by atoms with van der Waals surface area (Å²) >= 11 is 3.44. The van der Waals surface area contributed by atoms with Gasteiger partial charge in [0, 0.05) is 24.0 Å². The lowest BCUT2D eigenvalue weighted by molar-refractivity contribution is -0.129. The molecule has 0 bridgehead atoms.